The second-order valence-electron chi connectivity index (χ2n) is 3.69. The minimum Gasteiger partial charge on any atom is -0.469 e. The fraction of sp³-hybridized carbons (Fsp3) is 0.333. The third kappa shape index (κ3) is 4.24. The molecule has 0 heterocycles. The van der Waals surface area contributed by atoms with E-state index in [-0.39, 0.29) is 18.4 Å². The van der Waals surface area contributed by atoms with Gasteiger partial charge in [-0.15, -0.1) is 0 Å². The van der Waals surface area contributed by atoms with Gasteiger partial charge < -0.3 is 4.74 Å². The van der Waals surface area contributed by atoms with E-state index in [9.17, 15) is 22.8 Å². The van der Waals surface area contributed by atoms with Crippen LogP contribution in [0.4, 0.5) is 13.2 Å². The van der Waals surface area contributed by atoms with E-state index in [1.54, 1.807) is 0 Å². The van der Waals surface area contributed by atoms with Crippen LogP contribution in [0, 0.1) is 0 Å². The van der Waals surface area contributed by atoms with Gasteiger partial charge in [-0.25, -0.2) is 0 Å². The van der Waals surface area contributed by atoms with Gasteiger partial charge >= 0.3 is 12.1 Å². The van der Waals surface area contributed by atoms with Crippen LogP contribution in [0.5, 0.6) is 0 Å². The van der Waals surface area contributed by atoms with E-state index in [4.69, 9.17) is 11.6 Å². The highest BCUT2D eigenvalue weighted by atomic mass is 35.5. The van der Waals surface area contributed by atoms with Crippen molar-refractivity contribution in [1.29, 1.82) is 0 Å². The number of carbonyl (C=O) groups excluding carboxylic acids is 2. The van der Waals surface area contributed by atoms with Crippen LogP contribution in [0.15, 0.2) is 18.2 Å². The van der Waals surface area contributed by atoms with Crippen molar-refractivity contribution in [2.75, 3.05) is 7.11 Å². The van der Waals surface area contributed by atoms with Gasteiger partial charge in [-0.1, -0.05) is 11.6 Å². The Kier molecular flexibility index (Phi) is 4.94. The van der Waals surface area contributed by atoms with Crippen LogP contribution in [-0.4, -0.2) is 18.9 Å². The van der Waals surface area contributed by atoms with Crippen LogP contribution in [0.2, 0.25) is 5.02 Å². The summed E-state index contributed by atoms with van der Waals surface area (Å²) in [6.45, 7) is 0. The van der Waals surface area contributed by atoms with E-state index in [1.807, 2.05) is 0 Å². The number of methoxy groups -OCH3 is 1. The van der Waals surface area contributed by atoms with Crippen molar-refractivity contribution in [3.8, 4) is 0 Å². The normalized spacial score (nSPS) is 11.2. The van der Waals surface area contributed by atoms with Gasteiger partial charge in [0.05, 0.1) is 24.1 Å². The molecular formula is C12H10ClF3O3. The summed E-state index contributed by atoms with van der Waals surface area (Å²) in [6.07, 6.45) is -5.03. The molecule has 0 saturated carbocycles. The summed E-state index contributed by atoms with van der Waals surface area (Å²) < 4.78 is 42.1. The molecule has 0 aromatic heterocycles. The standard InChI is InChI=1S/C12H10ClF3O3/c1-19-11(18)5-4-10(17)7-2-3-9(13)8(6-7)12(14,15)16/h2-3,6H,4-5H2,1H3. The van der Waals surface area contributed by atoms with Gasteiger partial charge in [0.1, 0.15) is 0 Å². The molecule has 0 atom stereocenters. The van der Waals surface area contributed by atoms with Crippen LogP contribution < -0.4 is 0 Å². The molecule has 19 heavy (non-hydrogen) atoms. The van der Waals surface area contributed by atoms with Crippen molar-refractivity contribution >= 4 is 23.4 Å². The van der Waals surface area contributed by atoms with Gasteiger partial charge in [-0.2, -0.15) is 13.2 Å². The molecule has 0 spiro atoms. The topological polar surface area (TPSA) is 43.4 Å². The number of alkyl halides is 3. The number of ether oxygens (including phenoxy) is 1. The third-order valence-electron chi connectivity index (χ3n) is 2.38. The number of Topliss-reactive ketones (excluding diaryl/α,β-unsaturated/α-hetero) is 1. The highest BCUT2D eigenvalue weighted by Gasteiger charge is 2.33. The molecule has 0 N–H and O–H groups in total. The van der Waals surface area contributed by atoms with E-state index in [0.717, 1.165) is 13.2 Å². The minimum atomic E-state index is -4.63. The summed E-state index contributed by atoms with van der Waals surface area (Å²) in [5, 5.41) is -0.475. The molecule has 0 saturated heterocycles. The highest BCUT2D eigenvalue weighted by Crippen LogP contribution is 2.35. The van der Waals surface area contributed by atoms with Gasteiger partial charge in [0.25, 0.3) is 0 Å². The van der Waals surface area contributed by atoms with Gasteiger partial charge in [-0.05, 0) is 18.2 Å². The molecule has 0 radical (unpaired) electrons. The summed E-state index contributed by atoms with van der Waals surface area (Å²) >= 11 is 5.43. The zero-order chi connectivity index (χ0) is 14.6. The monoisotopic (exact) mass is 294 g/mol. The molecule has 0 aliphatic rings. The number of halogens is 4. The van der Waals surface area contributed by atoms with Crippen LogP contribution in [0.1, 0.15) is 28.8 Å². The van der Waals surface area contributed by atoms with Crippen molar-refractivity contribution in [1.82, 2.24) is 0 Å². The summed E-state index contributed by atoms with van der Waals surface area (Å²) in [5.41, 5.74) is -1.21. The largest absolute Gasteiger partial charge is 0.469 e. The smallest absolute Gasteiger partial charge is 0.417 e. The lowest BCUT2D eigenvalue weighted by atomic mass is 10.0. The van der Waals surface area contributed by atoms with Gasteiger partial charge in [0, 0.05) is 12.0 Å². The molecule has 1 rings (SSSR count). The maximum absolute atomic E-state index is 12.6. The molecule has 1 aromatic carbocycles. The quantitative estimate of drug-likeness (QED) is 0.630. The molecule has 7 heteroatoms. The van der Waals surface area contributed by atoms with E-state index in [2.05, 4.69) is 4.74 Å². The van der Waals surface area contributed by atoms with E-state index < -0.39 is 28.5 Å². The van der Waals surface area contributed by atoms with Crippen molar-refractivity contribution in [3.05, 3.63) is 34.3 Å². The summed E-state index contributed by atoms with van der Waals surface area (Å²) in [4.78, 5) is 22.5. The molecule has 3 nitrogen and oxygen atoms in total. The van der Waals surface area contributed by atoms with Gasteiger partial charge in [0.15, 0.2) is 5.78 Å². The number of rotatable bonds is 4. The Balaban J connectivity index is 2.90. The number of hydrogen-bond acceptors (Lipinski definition) is 3. The van der Waals surface area contributed by atoms with Crippen molar-refractivity contribution in [2.45, 2.75) is 19.0 Å². The molecule has 104 valence electrons. The third-order valence-corrected chi connectivity index (χ3v) is 2.71. The minimum absolute atomic E-state index is 0.138. The summed E-state index contributed by atoms with van der Waals surface area (Å²) in [7, 11) is 1.16. The van der Waals surface area contributed by atoms with E-state index in [1.165, 1.54) is 6.07 Å². The maximum atomic E-state index is 12.6. The Bertz CT molecular complexity index is 497. The van der Waals surface area contributed by atoms with Gasteiger partial charge in [0.2, 0.25) is 0 Å². The first kappa shape index (κ1) is 15.5. The van der Waals surface area contributed by atoms with Crippen LogP contribution in [0.25, 0.3) is 0 Å². The molecule has 0 aliphatic heterocycles. The fourth-order valence-corrected chi connectivity index (χ4v) is 1.60. The number of esters is 1. The molecule has 0 aliphatic carbocycles. The predicted octanol–water partition coefficient (Wildman–Crippen LogP) is 3.49. The maximum Gasteiger partial charge on any atom is 0.417 e. The lowest BCUT2D eigenvalue weighted by Gasteiger charge is -2.10. The Morgan fingerprint density at radius 3 is 2.42 bits per heavy atom. The highest BCUT2D eigenvalue weighted by molar-refractivity contribution is 6.31. The molecule has 0 fully saturated rings. The second-order valence-corrected chi connectivity index (χ2v) is 4.10. The average Bonchev–Trinajstić information content (AvgIpc) is 2.34. The average molecular weight is 295 g/mol. The Morgan fingerprint density at radius 2 is 1.89 bits per heavy atom. The first-order chi connectivity index (χ1) is 8.75. The number of benzene rings is 1. The number of hydrogen-bond donors (Lipinski definition) is 0. The molecule has 0 bridgehead atoms. The van der Waals surface area contributed by atoms with E-state index >= 15 is 0 Å². The molecule has 0 unspecified atom stereocenters. The van der Waals surface area contributed by atoms with Crippen molar-refractivity contribution in [3.63, 3.8) is 0 Å². The van der Waals surface area contributed by atoms with Crippen molar-refractivity contribution in [2.24, 2.45) is 0 Å². The lowest BCUT2D eigenvalue weighted by Crippen LogP contribution is -2.10. The first-order valence-corrected chi connectivity index (χ1v) is 5.60. The number of carbonyl (C=O) groups is 2. The summed E-state index contributed by atoms with van der Waals surface area (Å²) in [5.74, 6) is -1.18. The van der Waals surface area contributed by atoms with Crippen LogP contribution in [-0.2, 0) is 15.7 Å². The SMILES string of the molecule is COC(=O)CCC(=O)c1ccc(Cl)c(C(F)(F)F)c1. The molecule has 1 aromatic rings. The lowest BCUT2D eigenvalue weighted by molar-refractivity contribution is -0.140. The molecular weight excluding hydrogens is 285 g/mol. The Hall–Kier alpha value is -1.56. The fourth-order valence-electron chi connectivity index (χ4n) is 1.38. The zero-order valence-electron chi connectivity index (χ0n) is 9.88. The van der Waals surface area contributed by atoms with Crippen molar-refractivity contribution < 1.29 is 27.5 Å². The van der Waals surface area contributed by atoms with Crippen LogP contribution in [0.3, 0.4) is 0 Å². The predicted molar refractivity (Wildman–Crippen MR) is 62.0 cm³/mol. The number of ketones is 1. The zero-order valence-corrected chi connectivity index (χ0v) is 10.6. The Morgan fingerprint density at radius 1 is 1.26 bits per heavy atom. The second kappa shape index (κ2) is 6.06. The Labute approximate surface area is 112 Å². The first-order valence-electron chi connectivity index (χ1n) is 5.22. The summed E-state index contributed by atoms with van der Waals surface area (Å²) in [6, 6.07) is 2.88. The van der Waals surface area contributed by atoms with E-state index in [0.29, 0.717) is 6.07 Å². The van der Waals surface area contributed by atoms with Gasteiger partial charge in [-0.3, -0.25) is 9.59 Å². The van der Waals surface area contributed by atoms with Crippen LogP contribution >= 0.6 is 11.6 Å². The molecule has 0 amide bonds.